The molecular formula is C72H79Cl4F6N15O. The van der Waals surface area contributed by atoms with Crippen molar-refractivity contribution in [3.63, 3.8) is 0 Å². The van der Waals surface area contributed by atoms with Gasteiger partial charge in [0.2, 0.25) is 0 Å². The number of fused-ring (bicyclic) bond motifs is 3. The highest BCUT2D eigenvalue weighted by molar-refractivity contribution is 6.36. The molecule has 26 heteroatoms. The Labute approximate surface area is 587 Å². The lowest BCUT2D eigenvalue weighted by atomic mass is 9.90. The number of aromatic nitrogens is 6. The van der Waals surface area contributed by atoms with Gasteiger partial charge in [-0.1, -0.05) is 64.6 Å². The van der Waals surface area contributed by atoms with E-state index in [1.807, 2.05) is 49.1 Å². The number of benzene rings is 5. The van der Waals surface area contributed by atoms with Crippen molar-refractivity contribution in [1.29, 1.82) is 0 Å². The van der Waals surface area contributed by atoms with Crippen molar-refractivity contribution in [2.75, 3.05) is 102 Å². The van der Waals surface area contributed by atoms with Gasteiger partial charge in [0.15, 0.2) is 11.6 Å². The number of hydrogen-bond donors (Lipinski definition) is 5. The number of nitrogens with one attached hydrogen (secondary N) is 5. The molecule has 5 aromatic carbocycles. The summed E-state index contributed by atoms with van der Waals surface area (Å²) < 4.78 is 87.8. The SMILES string of the molecule is CC(c1c(Cl)ccc(F)c1Cl)N1CCCc2nnc(Nc3ccc(C4CCNCC4)cc3)cc21.CC(c1c(Cl)ccc(F)c1Cl)N1CCCc2nnc(Nc3cccc(N4CCOCC4)c3)cc21.Fc1ccc(C(F)(F)F)c(CN2CCCc3nnc(CNC4CCNCC4)cc32)c1. The number of rotatable bonds is 15. The van der Waals surface area contributed by atoms with Crippen LogP contribution in [0.4, 0.5) is 72.1 Å². The summed E-state index contributed by atoms with van der Waals surface area (Å²) in [5.74, 6) is 0.330. The van der Waals surface area contributed by atoms with E-state index in [-0.39, 0.29) is 34.2 Å². The van der Waals surface area contributed by atoms with E-state index in [0.717, 1.165) is 192 Å². The van der Waals surface area contributed by atoms with E-state index in [9.17, 15) is 26.3 Å². The van der Waals surface area contributed by atoms with Crippen LogP contribution in [0.25, 0.3) is 0 Å². The molecule has 8 aromatic rings. The average molecular weight is 1430 g/mol. The predicted octanol–water partition coefficient (Wildman–Crippen LogP) is 16.1. The molecule has 3 aromatic heterocycles. The highest BCUT2D eigenvalue weighted by Crippen LogP contribution is 2.43. The van der Waals surface area contributed by atoms with Crippen LogP contribution < -0.4 is 46.2 Å². The van der Waals surface area contributed by atoms with E-state index in [1.54, 1.807) is 12.1 Å². The van der Waals surface area contributed by atoms with Gasteiger partial charge in [0.25, 0.3) is 0 Å². The topological polar surface area (TPSA) is 160 Å². The molecular weight excluding hydrogens is 1350 g/mol. The maximum atomic E-state index is 14.2. The molecule has 5 N–H and O–H groups in total. The molecule has 16 nitrogen and oxygen atoms in total. The lowest BCUT2D eigenvalue weighted by molar-refractivity contribution is -0.138. The van der Waals surface area contributed by atoms with Crippen LogP contribution in [-0.4, -0.2) is 109 Å². The van der Waals surface area contributed by atoms with Crippen molar-refractivity contribution in [2.24, 2.45) is 0 Å². The molecule has 0 radical (unpaired) electrons. The first-order valence-corrected chi connectivity index (χ1v) is 35.1. The van der Waals surface area contributed by atoms with Crippen molar-refractivity contribution >= 4 is 92.2 Å². The van der Waals surface area contributed by atoms with Crippen molar-refractivity contribution < 1.29 is 31.1 Å². The second-order valence-electron chi connectivity index (χ2n) is 25.5. The van der Waals surface area contributed by atoms with Crippen molar-refractivity contribution in [3.05, 3.63) is 197 Å². The summed E-state index contributed by atoms with van der Waals surface area (Å²) in [6.07, 6.45) is 4.96. The number of piperidine rings is 2. The van der Waals surface area contributed by atoms with E-state index in [0.29, 0.717) is 57.9 Å². The molecule has 0 amide bonds. The summed E-state index contributed by atoms with van der Waals surface area (Å²) in [5.41, 5.74) is 10.8. The van der Waals surface area contributed by atoms with Crippen LogP contribution in [0.1, 0.15) is 127 Å². The number of morpholine rings is 1. The Hall–Kier alpha value is -7.28. The Kier molecular flexibility index (Phi) is 23.3. The molecule has 0 saturated carbocycles. The third-order valence-electron chi connectivity index (χ3n) is 19.1. The normalized spacial score (nSPS) is 17.3. The van der Waals surface area contributed by atoms with E-state index in [1.165, 1.54) is 30.5 Å². The zero-order chi connectivity index (χ0) is 68.5. The van der Waals surface area contributed by atoms with Crippen LogP contribution in [0.15, 0.2) is 109 Å². The first-order valence-electron chi connectivity index (χ1n) is 33.6. The van der Waals surface area contributed by atoms with Crippen LogP contribution in [0.2, 0.25) is 20.1 Å². The molecule has 3 fully saturated rings. The largest absolute Gasteiger partial charge is 0.416 e. The van der Waals surface area contributed by atoms with Gasteiger partial charge in [-0.25, -0.2) is 13.2 Å². The summed E-state index contributed by atoms with van der Waals surface area (Å²) in [5, 5.41) is 44.5. The van der Waals surface area contributed by atoms with E-state index >= 15 is 0 Å². The van der Waals surface area contributed by atoms with Gasteiger partial charge in [-0.15, -0.1) is 10.2 Å². The molecule has 6 aliphatic heterocycles. The molecule has 0 aliphatic carbocycles. The highest BCUT2D eigenvalue weighted by Gasteiger charge is 2.35. The van der Waals surface area contributed by atoms with Crippen molar-refractivity contribution in [3.8, 4) is 0 Å². The van der Waals surface area contributed by atoms with Gasteiger partial charge in [-0.2, -0.15) is 33.6 Å². The van der Waals surface area contributed by atoms with Gasteiger partial charge in [0.05, 0.1) is 80.7 Å². The third-order valence-corrected chi connectivity index (χ3v) is 20.5. The quantitative estimate of drug-likeness (QED) is 0.0487. The minimum Gasteiger partial charge on any atom is -0.378 e. The van der Waals surface area contributed by atoms with Crippen molar-refractivity contribution in [1.82, 2.24) is 46.5 Å². The molecule has 14 rings (SSSR count). The van der Waals surface area contributed by atoms with Gasteiger partial charge in [0, 0.05) is 102 Å². The molecule has 518 valence electrons. The maximum Gasteiger partial charge on any atom is 0.416 e. The van der Waals surface area contributed by atoms with Gasteiger partial charge in [0.1, 0.15) is 17.5 Å². The van der Waals surface area contributed by atoms with Crippen LogP contribution in [0.3, 0.4) is 0 Å². The Morgan fingerprint density at radius 3 is 1.71 bits per heavy atom. The second-order valence-corrected chi connectivity index (χ2v) is 27.1. The summed E-state index contributed by atoms with van der Waals surface area (Å²) in [4.78, 5) is 8.52. The Balaban J connectivity index is 0.000000140. The maximum absolute atomic E-state index is 14.2. The minimum absolute atomic E-state index is 0.0214. The lowest BCUT2D eigenvalue weighted by Gasteiger charge is -2.36. The average Bonchev–Trinajstić information content (AvgIpc) is 0.790. The zero-order valence-corrected chi connectivity index (χ0v) is 57.6. The Bertz CT molecular complexity index is 4050. The number of halogens is 10. The van der Waals surface area contributed by atoms with E-state index in [2.05, 4.69) is 108 Å². The van der Waals surface area contributed by atoms with Gasteiger partial charge < -0.3 is 50.9 Å². The fraction of sp³-hybridized carbons (Fsp3) is 0.417. The number of nitrogens with zero attached hydrogens (tertiary/aromatic N) is 10. The summed E-state index contributed by atoms with van der Waals surface area (Å²) in [6, 6.07) is 31.1. The molecule has 0 spiro atoms. The molecule has 0 bridgehead atoms. The highest BCUT2D eigenvalue weighted by atomic mass is 35.5. The van der Waals surface area contributed by atoms with Crippen LogP contribution in [-0.2, 0) is 43.3 Å². The Morgan fingerprint density at radius 1 is 0.571 bits per heavy atom. The molecule has 9 heterocycles. The second kappa shape index (κ2) is 32.4. The molecule has 6 aliphatic rings. The predicted molar refractivity (Wildman–Crippen MR) is 378 cm³/mol. The minimum atomic E-state index is -4.53. The van der Waals surface area contributed by atoms with E-state index < -0.39 is 29.2 Å². The van der Waals surface area contributed by atoms with Crippen LogP contribution in [0, 0.1) is 17.5 Å². The molecule has 2 unspecified atom stereocenters. The fourth-order valence-electron chi connectivity index (χ4n) is 13.9. The number of aryl methyl sites for hydroxylation is 3. The number of hydrogen-bond acceptors (Lipinski definition) is 16. The molecule has 3 saturated heterocycles. The monoisotopic (exact) mass is 1420 g/mol. The van der Waals surface area contributed by atoms with Crippen molar-refractivity contribution in [2.45, 2.75) is 121 Å². The number of anilines is 8. The summed E-state index contributed by atoms with van der Waals surface area (Å²) in [6.45, 7) is 14.0. The molecule has 2 atom stereocenters. The number of ether oxygens (including phenoxy) is 1. The van der Waals surface area contributed by atoms with E-state index in [4.69, 9.17) is 51.1 Å². The van der Waals surface area contributed by atoms with Gasteiger partial charge >= 0.3 is 6.18 Å². The first-order chi connectivity index (χ1) is 47.4. The van der Waals surface area contributed by atoms with Gasteiger partial charge in [-0.05, 0) is 200 Å². The third kappa shape index (κ3) is 17.1. The van der Waals surface area contributed by atoms with Crippen LogP contribution in [0.5, 0.6) is 0 Å². The standard InChI is InChI=1S/C26H28Cl2FN5.C25H26Cl2FN5O.C21H25F4N5/c1-16(25-20(27)8-9-21(29)26(25)28)34-14-2-3-22-23(34)15-24(33-32-22)31-19-6-4-17(5-7-19)18-10-12-30-13-11-18;1-16(24-19(26)7-8-20(28)25(24)27)33-9-3-6-21-22(33)15-23(31-30-21)29-17-4-2-5-18(14-17)32-10-12-34-13-11-32;22-15-3-4-18(21(23,24)25)14(10-15)13-30-9-1-2-19-20(30)11-17(28-29-19)12-27-16-5-7-26-8-6-16/h4-9,15-16,18,30H,2-3,10-14H2,1H3,(H,31,33);2,4-5,7-8,14-16H,3,6,9-13H2,1H3,(H,29,31);3-4,10-11,16,26-27H,1-2,5-9,12-13H2. The summed E-state index contributed by atoms with van der Waals surface area (Å²) in [7, 11) is 0. The fourth-order valence-corrected chi connectivity index (χ4v) is 15.3. The first kappa shape index (κ1) is 70.6. The van der Waals surface area contributed by atoms with Gasteiger partial charge in [-0.3, -0.25) is 0 Å². The number of alkyl halides is 3. The summed E-state index contributed by atoms with van der Waals surface area (Å²) >= 11 is 25.5. The Morgan fingerprint density at radius 2 is 1.12 bits per heavy atom. The van der Waals surface area contributed by atoms with Crippen LogP contribution >= 0.6 is 46.4 Å². The smallest absolute Gasteiger partial charge is 0.378 e. The molecule has 98 heavy (non-hydrogen) atoms. The zero-order valence-electron chi connectivity index (χ0n) is 54.6. The lowest BCUT2D eigenvalue weighted by Crippen LogP contribution is -2.39.